The molecule has 2 aromatic heterocycles. The lowest BCUT2D eigenvalue weighted by atomic mass is 10.1. The fraction of sp³-hybridized carbons (Fsp3) is 0.227. The topological polar surface area (TPSA) is 80.9 Å². The standard InChI is InChI=1S/C22H22N2O4/c1-3-13-28-19-8-6-5-7-15(19)9-11-18-17(4-2)21(25)24-14-16(22(26)27)10-12-20(24)23-18/h5-12,14H,3-4,13H2,1-2H3,(H,26,27)/b11-9+. The van der Waals surface area contributed by atoms with Crippen molar-refractivity contribution in [1.29, 1.82) is 0 Å². The Bertz CT molecular complexity index is 1100. The van der Waals surface area contributed by atoms with Crippen LogP contribution in [0.5, 0.6) is 5.75 Å². The van der Waals surface area contributed by atoms with Crippen LogP contribution in [-0.2, 0) is 6.42 Å². The summed E-state index contributed by atoms with van der Waals surface area (Å²) >= 11 is 0. The molecule has 3 rings (SSSR count). The molecule has 1 aromatic carbocycles. The summed E-state index contributed by atoms with van der Waals surface area (Å²) in [6.45, 7) is 4.56. The van der Waals surface area contributed by atoms with Gasteiger partial charge in [0.2, 0.25) is 0 Å². The van der Waals surface area contributed by atoms with E-state index in [1.165, 1.54) is 16.7 Å². The Labute approximate surface area is 162 Å². The van der Waals surface area contributed by atoms with Crippen molar-refractivity contribution >= 4 is 23.8 Å². The third-order valence-corrected chi connectivity index (χ3v) is 4.35. The number of hydrogen-bond acceptors (Lipinski definition) is 4. The predicted octanol–water partition coefficient (Wildman–Crippen LogP) is 3.91. The summed E-state index contributed by atoms with van der Waals surface area (Å²) in [7, 11) is 0. The summed E-state index contributed by atoms with van der Waals surface area (Å²) in [5.41, 5.74) is 2.20. The number of aromatic nitrogens is 2. The van der Waals surface area contributed by atoms with E-state index in [4.69, 9.17) is 9.84 Å². The number of ether oxygens (including phenoxy) is 1. The summed E-state index contributed by atoms with van der Waals surface area (Å²) in [6.07, 6.45) is 6.40. The second kappa shape index (κ2) is 8.52. The van der Waals surface area contributed by atoms with Crippen molar-refractivity contribution in [2.24, 2.45) is 0 Å². The molecule has 2 heterocycles. The minimum Gasteiger partial charge on any atom is -0.493 e. The Morgan fingerprint density at radius 3 is 2.68 bits per heavy atom. The van der Waals surface area contributed by atoms with E-state index in [0.29, 0.717) is 29.9 Å². The van der Waals surface area contributed by atoms with Gasteiger partial charge in [-0.1, -0.05) is 32.0 Å². The monoisotopic (exact) mass is 378 g/mol. The first-order chi connectivity index (χ1) is 13.5. The van der Waals surface area contributed by atoms with Crippen molar-refractivity contribution in [1.82, 2.24) is 9.38 Å². The van der Waals surface area contributed by atoms with E-state index in [9.17, 15) is 9.59 Å². The van der Waals surface area contributed by atoms with Gasteiger partial charge in [0.25, 0.3) is 5.56 Å². The van der Waals surface area contributed by atoms with E-state index in [-0.39, 0.29) is 11.1 Å². The average Bonchev–Trinajstić information content (AvgIpc) is 2.71. The second-order valence-electron chi connectivity index (χ2n) is 6.31. The van der Waals surface area contributed by atoms with Crippen LogP contribution in [0.3, 0.4) is 0 Å². The lowest BCUT2D eigenvalue weighted by Gasteiger charge is -2.09. The van der Waals surface area contributed by atoms with Crippen molar-refractivity contribution in [3.05, 3.63) is 75.3 Å². The van der Waals surface area contributed by atoms with Gasteiger partial charge in [-0.25, -0.2) is 9.78 Å². The SMILES string of the molecule is CCCOc1ccccc1/C=C/c1nc2ccc(C(=O)O)cn2c(=O)c1CC. The van der Waals surface area contributed by atoms with Crippen molar-refractivity contribution in [2.45, 2.75) is 26.7 Å². The van der Waals surface area contributed by atoms with Crippen molar-refractivity contribution in [3.63, 3.8) is 0 Å². The number of carboxylic acid groups (broad SMARTS) is 1. The number of para-hydroxylation sites is 1. The van der Waals surface area contributed by atoms with Gasteiger partial charge in [0, 0.05) is 17.3 Å². The summed E-state index contributed by atoms with van der Waals surface area (Å²) in [4.78, 5) is 28.6. The first-order valence-electron chi connectivity index (χ1n) is 9.23. The van der Waals surface area contributed by atoms with Gasteiger partial charge in [-0.3, -0.25) is 9.20 Å². The molecule has 0 unspecified atom stereocenters. The van der Waals surface area contributed by atoms with Gasteiger partial charge >= 0.3 is 5.97 Å². The maximum absolute atomic E-state index is 12.8. The highest BCUT2D eigenvalue weighted by molar-refractivity contribution is 5.87. The summed E-state index contributed by atoms with van der Waals surface area (Å²) in [5.74, 6) is -0.304. The van der Waals surface area contributed by atoms with Crippen LogP contribution in [0.4, 0.5) is 0 Å². The molecule has 28 heavy (non-hydrogen) atoms. The molecule has 0 aliphatic rings. The van der Waals surface area contributed by atoms with Crippen LogP contribution in [0.25, 0.3) is 17.8 Å². The maximum atomic E-state index is 12.8. The molecule has 0 amide bonds. The van der Waals surface area contributed by atoms with E-state index in [0.717, 1.165) is 17.7 Å². The summed E-state index contributed by atoms with van der Waals surface area (Å²) in [5, 5.41) is 9.16. The highest BCUT2D eigenvalue weighted by Crippen LogP contribution is 2.21. The van der Waals surface area contributed by atoms with E-state index < -0.39 is 5.97 Å². The zero-order chi connectivity index (χ0) is 20.1. The number of aromatic carboxylic acids is 1. The molecule has 0 radical (unpaired) electrons. The molecule has 0 saturated heterocycles. The van der Waals surface area contributed by atoms with Crippen LogP contribution in [0.1, 0.15) is 47.4 Å². The van der Waals surface area contributed by atoms with Crippen molar-refractivity contribution in [2.75, 3.05) is 6.61 Å². The Balaban J connectivity index is 2.06. The Hall–Kier alpha value is -3.41. The highest BCUT2D eigenvalue weighted by atomic mass is 16.5. The molecule has 0 aliphatic carbocycles. The van der Waals surface area contributed by atoms with E-state index in [2.05, 4.69) is 4.98 Å². The van der Waals surface area contributed by atoms with E-state index in [1.54, 1.807) is 12.1 Å². The average molecular weight is 378 g/mol. The third-order valence-electron chi connectivity index (χ3n) is 4.35. The maximum Gasteiger partial charge on any atom is 0.337 e. The van der Waals surface area contributed by atoms with Gasteiger partial charge in [0.05, 0.1) is 17.9 Å². The number of hydrogen-bond donors (Lipinski definition) is 1. The molecule has 0 bridgehead atoms. The predicted molar refractivity (Wildman–Crippen MR) is 109 cm³/mol. The van der Waals surface area contributed by atoms with Crippen molar-refractivity contribution < 1.29 is 14.6 Å². The van der Waals surface area contributed by atoms with Crippen LogP contribution >= 0.6 is 0 Å². The Kier molecular flexibility index (Phi) is 5.89. The van der Waals surface area contributed by atoms with Crippen LogP contribution in [0.2, 0.25) is 0 Å². The molecular formula is C22H22N2O4. The first-order valence-corrected chi connectivity index (χ1v) is 9.23. The second-order valence-corrected chi connectivity index (χ2v) is 6.31. The minimum atomic E-state index is -1.08. The highest BCUT2D eigenvalue weighted by Gasteiger charge is 2.12. The van der Waals surface area contributed by atoms with Crippen LogP contribution in [0, 0.1) is 0 Å². The lowest BCUT2D eigenvalue weighted by molar-refractivity contribution is 0.0696. The van der Waals surface area contributed by atoms with Crippen LogP contribution in [0.15, 0.2) is 47.4 Å². The first kappa shape index (κ1) is 19.4. The zero-order valence-electron chi connectivity index (χ0n) is 15.9. The largest absolute Gasteiger partial charge is 0.493 e. The third kappa shape index (κ3) is 3.96. The number of fused-ring (bicyclic) bond motifs is 1. The lowest BCUT2D eigenvalue weighted by Crippen LogP contribution is -2.22. The number of carbonyl (C=O) groups is 1. The molecule has 0 atom stereocenters. The van der Waals surface area contributed by atoms with Gasteiger partial charge in [-0.2, -0.15) is 0 Å². The molecular weight excluding hydrogens is 356 g/mol. The molecule has 0 fully saturated rings. The zero-order valence-corrected chi connectivity index (χ0v) is 15.9. The van der Waals surface area contributed by atoms with Crippen molar-refractivity contribution in [3.8, 4) is 5.75 Å². The van der Waals surface area contributed by atoms with Gasteiger partial charge in [0.1, 0.15) is 11.4 Å². The minimum absolute atomic E-state index is 0.0451. The molecule has 1 N–H and O–H groups in total. The Morgan fingerprint density at radius 1 is 1.18 bits per heavy atom. The molecule has 144 valence electrons. The van der Waals surface area contributed by atoms with Crippen LogP contribution in [-0.4, -0.2) is 27.1 Å². The fourth-order valence-electron chi connectivity index (χ4n) is 2.92. The summed E-state index contributed by atoms with van der Waals surface area (Å²) < 4.78 is 7.06. The number of rotatable bonds is 7. The van der Waals surface area contributed by atoms with E-state index in [1.807, 2.05) is 44.2 Å². The number of benzene rings is 1. The quantitative estimate of drug-likeness (QED) is 0.674. The summed E-state index contributed by atoms with van der Waals surface area (Å²) in [6, 6.07) is 10.7. The molecule has 0 aliphatic heterocycles. The molecule has 6 heteroatoms. The number of nitrogens with zero attached hydrogens (tertiary/aromatic N) is 2. The molecule has 6 nitrogen and oxygen atoms in total. The van der Waals surface area contributed by atoms with Gasteiger partial charge in [-0.05, 0) is 43.2 Å². The smallest absolute Gasteiger partial charge is 0.337 e. The molecule has 0 saturated carbocycles. The van der Waals surface area contributed by atoms with Gasteiger partial charge < -0.3 is 9.84 Å². The van der Waals surface area contributed by atoms with E-state index >= 15 is 0 Å². The molecule has 0 spiro atoms. The fourth-order valence-corrected chi connectivity index (χ4v) is 2.92. The normalized spacial score (nSPS) is 11.2. The van der Waals surface area contributed by atoms with Gasteiger partial charge in [0.15, 0.2) is 0 Å². The number of pyridine rings is 1. The number of carboxylic acids is 1. The Morgan fingerprint density at radius 2 is 1.96 bits per heavy atom. The van der Waals surface area contributed by atoms with Gasteiger partial charge in [-0.15, -0.1) is 0 Å². The molecule has 3 aromatic rings. The van der Waals surface area contributed by atoms with Crippen LogP contribution < -0.4 is 10.3 Å².